The van der Waals surface area contributed by atoms with Crippen LogP contribution in [0.4, 0.5) is 13.2 Å². The van der Waals surface area contributed by atoms with Crippen molar-refractivity contribution in [2.24, 2.45) is 0 Å². The summed E-state index contributed by atoms with van der Waals surface area (Å²) in [5.74, 6) is -1.39. The zero-order valence-electron chi connectivity index (χ0n) is 6.77. The molecule has 2 nitrogen and oxygen atoms in total. The fourth-order valence-corrected chi connectivity index (χ4v) is 1.19. The SMILES string of the molecule is N#Cc1c(CCl)ncc(F)c1C(F)F. The number of halogens is 4. The predicted octanol–water partition coefficient (Wildman–Crippen LogP) is 2.77. The largest absolute Gasteiger partial charge is 0.268 e. The van der Waals surface area contributed by atoms with Crippen molar-refractivity contribution in [1.82, 2.24) is 4.98 Å². The van der Waals surface area contributed by atoms with Crippen LogP contribution in [0.5, 0.6) is 0 Å². The molecule has 1 heterocycles. The molecule has 1 aromatic heterocycles. The Kier molecular flexibility index (Phi) is 3.31. The van der Waals surface area contributed by atoms with Gasteiger partial charge in [0.2, 0.25) is 0 Å². The third kappa shape index (κ3) is 1.80. The van der Waals surface area contributed by atoms with E-state index in [-0.39, 0.29) is 11.6 Å². The Balaban J connectivity index is 3.45. The van der Waals surface area contributed by atoms with Gasteiger partial charge in [-0.3, -0.25) is 4.98 Å². The molecule has 0 saturated carbocycles. The molecule has 0 N–H and O–H groups in total. The molecule has 0 unspecified atom stereocenters. The highest BCUT2D eigenvalue weighted by atomic mass is 35.5. The van der Waals surface area contributed by atoms with Crippen LogP contribution in [0.3, 0.4) is 0 Å². The summed E-state index contributed by atoms with van der Waals surface area (Å²) in [6, 6.07) is 1.47. The third-order valence-electron chi connectivity index (χ3n) is 1.61. The van der Waals surface area contributed by atoms with Gasteiger partial charge in [0.15, 0.2) is 5.82 Å². The summed E-state index contributed by atoms with van der Waals surface area (Å²) in [4.78, 5) is 3.45. The van der Waals surface area contributed by atoms with E-state index in [9.17, 15) is 13.2 Å². The molecule has 0 radical (unpaired) electrons. The van der Waals surface area contributed by atoms with Crippen LogP contribution in [-0.4, -0.2) is 4.98 Å². The van der Waals surface area contributed by atoms with Crippen molar-refractivity contribution in [2.45, 2.75) is 12.3 Å². The molecule has 0 aliphatic carbocycles. The summed E-state index contributed by atoms with van der Waals surface area (Å²) >= 11 is 5.36. The lowest BCUT2D eigenvalue weighted by Gasteiger charge is -2.06. The molecule has 0 aliphatic heterocycles. The number of nitriles is 1. The Morgan fingerprint density at radius 3 is 2.64 bits per heavy atom. The van der Waals surface area contributed by atoms with Crippen molar-refractivity contribution in [3.63, 3.8) is 0 Å². The maximum atomic E-state index is 12.9. The summed E-state index contributed by atoms with van der Waals surface area (Å²) in [5.41, 5.74) is -1.45. The number of hydrogen-bond acceptors (Lipinski definition) is 2. The van der Waals surface area contributed by atoms with Crippen LogP contribution in [0.15, 0.2) is 6.20 Å². The van der Waals surface area contributed by atoms with Crippen molar-refractivity contribution in [3.05, 3.63) is 28.8 Å². The van der Waals surface area contributed by atoms with E-state index in [0.717, 1.165) is 0 Å². The molecule has 0 aromatic carbocycles. The highest BCUT2D eigenvalue weighted by Crippen LogP contribution is 2.27. The first-order valence-corrected chi connectivity index (χ1v) is 4.06. The molecule has 0 amide bonds. The Labute approximate surface area is 82.9 Å². The molecular formula is C8H4ClF3N2. The van der Waals surface area contributed by atoms with Gasteiger partial charge in [-0.15, -0.1) is 11.6 Å². The lowest BCUT2D eigenvalue weighted by molar-refractivity contribution is 0.145. The Hall–Kier alpha value is -1.28. The molecular weight excluding hydrogens is 217 g/mol. The zero-order valence-corrected chi connectivity index (χ0v) is 7.52. The average Bonchev–Trinajstić information content (AvgIpc) is 2.16. The molecule has 6 heteroatoms. The van der Waals surface area contributed by atoms with Crippen molar-refractivity contribution in [3.8, 4) is 6.07 Å². The maximum Gasteiger partial charge on any atom is 0.268 e. The van der Waals surface area contributed by atoms with Crippen LogP contribution >= 0.6 is 11.6 Å². The number of aromatic nitrogens is 1. The summed E-state index contributed by atoms with van der Waals surface area (Å²) < 4.78 is 37.5. The number of alkyl halides is 3. The monoisotopic (exact) mass is 220 g/mol. The number of hydrogen-bond donors (Lipinski definition) is 0. The first kappa shape index (κ1) is 10.8. The van der Waals surface area contributed by atoms with Crippen molar-refractivity contribution in [1.29, 1.82) is 5.26 Å². The minimum Gasteiger partial charge on any atom is -0.256 e. The third-order valence-corrected chi connectivity index (χ3v) is 1.86. The van der Waals surface area contributed by atoms with Crippen LogP contribution in [0.25, 0.3) is 0 Å². The summed E-state index contributed by atoms with van der Waals surface area (Å²) in [6.45, 7) is 0. The fourth-order valence-electron chi connectivity index (χ4n) is 0.983. The van der Waals surface area contributed by atoms with E-state index in [0.29, 0.717) is 6.20 Å². The van der Waals surface area contributed by atoms with Crippen LogP contribution in [0.2, 0.25) is 0 Å². The second kappa shape index (κ2) is 4.29. The summed E-state index contributed by atoms with van der Waals surface area (Å²) in [6.07, 6.45) is -2.41. The molecule has 0 atom stereocenters. The summed E-state index contributed by atoms with van der Waals surface area (Å²) in [7, 11) is 0. The van der Waals surface area contributed by atoms with E-state index in [1.807, 2.05) is 0 Å². The molecule has 1 aromatic rings. The minimum atomic E-state index is -3.05. The van der Waals surface area contributed by atoms with E-state index >= 15 is 0 Å². The van der Waals surface area contributed by atoms with Gasteiger partial charge >= 0.3 is 0 Å². The van der Waals surface area contributed by atoms with E-state index in [4.69, 9.17) is 16.9 Å². The highest BCUT2D eigenvalue weighted by molar-refractivity contribution is 6.17. The second-order valence-electron chi connectivity index (χ2n) is 2.39. The predicted molar refractivity (Wildman–Crippen MR) is 43.4 cm³/mol. The van der Waals surface area contributed by atoms with E-state index in [1.165, 1.54) is 6.07 Å². The first-order chi connectivity index (χ1) is 6.61. The highest BCUT2D eigenvalue weighted by Gasteiger charge is 2.21. The smallest absolute Gasteiger partial charge is 0.256 e. The van der Waals surface area contributed by atoms with Gasteiger partial charge in [-0.2, -0.15) is 5.26 Å². The number of nitrogens with zero attached hydrogens (tertiary/aromatic N) is 2. The van der Waals surface area contributed by atoms with Crippen LogP contribution in [0.1, 0.15) is 23.2 Å². The van der Waals surface area contributed by atoms with Crippen molar-refractivity contribution in [2.75, 3.05) is 0 Å². The van der Waals surface area contributed by atoms with Gasteiger partial charge in [-0.25, -0.2) is 13.2 Å². The molecule has 1 rings (SSSR count). The quantitative estimate of drug-likeness (QED) is 0.719. The van der Waals surface area contributed by atoms with Gasteiger partial charge in [0.25, 0.3) is 6.43 Å². The fraction of sp³-hybridized carbons (Fsp3) is 0.250. The standard InChI is InChI=1S/C8H4ClF3N2/c9-1-6-4(2-13)7(8(11)12)5(10)3-14-6/h3,8H,1H2. The minimum absolute atomic E-state index is 0.0362. The zero-order chi connectivity index (χ0) is 10.7. The molecule has 0 fully saturated rings. The lowest BCUT2D eigenvalue weighted by atomic mass is 10.1. The van der Waals surface area contributed by atoms with Crippen molar-refractivity contribution < 1.29 is 13.2 Å². The topological polar surface area (TPSA) is 36.7 Å². The van der Waals surface area contributed by atoms with Crippen molar-refractivity contribution >= 4 is 11.6 Å². The molecule has 74 valence electrons. The first-order valence-electron chi connectivity index (χ1n) is 3.53. The molecule has 14 heavy (non-hydrogen) atoms. The Morgan fingerprint density at radius 2 is 2.21 bits per heavy atom. The molecule has 0 bridgehead atoms. The van der Waals surface area contributed by atoms with Gasteiger partial charge < -0.3 is 0 Å². The molecule has 0 spiro atoms. The van der Waals surface area contributed by atoms with Gasteiger partial charge in [0.1, 0.15) is 6.07 Å². The normalized spacial score (nSPS) is 10.3. The van der Waals surface area contributed by atoms with Gasteiger partial charge in [0, 0.05) is 0 Å². The van der Waals surface area contributed by atoms with Gasteiger partial charge in [0.05, 0.1) is 28.9 Å². The van der Waals surface area contributed by atoms with Crippen LogP contribution in [-0.2, 0) is 5.88 Å². The Morgan fingerprint density at radius 1 is 1.57 bits per heavy atom. The average molecular weight is 221 g/mol. The van der Waals surface area contributed by atoms with Gasteiger partial charge in [-0.1, -0.05) is 0 Å². The number of pyridine rings is 1. The van der Waals surface area contributed by atoms with E-state index in [1.54, 1.807) is 0 Å². The van der Waals surface area contributed by atoms with Gasteiger partial charge in [-0.05, 0) is 0 Å². The van der Waals surface area contributed by atoms with E-state index < -0.39 is 23.4 Å². The Bertz CT molecular complexity index is 387. The maximum absolute atomic E-state index is 12.9. The second-order valence-corrected chi connectivity index (χ2v) is 2.65. The number of rotatable bonds is 2. The van der Waals surface area contributed by atoms with E-state index in [2.05, 4.69) is 4.98 Å². The lowest BCUT2D eigenvalue weighted by Crippen LogP contribution is -2.02. The molecule has 0 saturated heterocycles. The molecule has 0 aliphatic rings. The van der Waals surface area contributed by atoms with Crippen LogP contribution in [0, 0.1) is 17.1 Å². The summed E-state index contributed by atoms with van der Waals surface area (Å²) in [5, 5.41) is 8.56. The van der Waals surface area contributed by atoms with Crippen LogP contribution < -0.4 is 0 Å².